The fraction of sp³-hybridized carbons (Fsp3) is 0.462. The normalized spacial score (nSPS) is 22.1. The number of likely N-dealkylation sites (tertiary alicyclic amines) is 1. The number of nitrogens with two attached hydrogens (primary N) is 1. The Balaban J connectivity index is 2.32. The number of amides is 1. The van der Waals surface area contributed by atoms with Crippen molar-refractivity contribution < 1.29 is 9.72 Å². The maximum Gasteiger partial charge on any atom is 0.283 e. The number of hydrogen-bond acceptors (Lipinski definition) is 4. The molecule has 2 N–H and O–H groups in total. The number of benzene rings is 1. The van der Waals surface area contributed by atoms with E-state index in [9.17, 15) is 14.9 Å². The summed E-state index contributed by atoms with van der Waals surface area (Å²) in [6, 6.07) is 4.54. The molecular weight excluding hydrogens is 326 g/mol. The van der Waals surface area contributed by atoms with Gasteiger partial charge >= 0.3 is 0 Å². The van der Waals surface area contributed by atoms with Crippen LogP contribution < -0.4 is 5.73 Å². The van der Waals surface area contributed by atoms with Gasteiger partial charge in [-0.1, -0.05) is 15.9 Å². The highest BCUT2D eigenvalue weighted by Gasteiger charge is 2.34. The number of rotatable bonds is 3. The molecule has 7 heteroatoms. The Morgan fingerprint density at radius 1 is 1.60 bits per heavy atom. The van der Waals surface area contributed by atoms with Crippen LogP contribution >= 0.6 is 15.9 Å². The summed E-state index contributed by atoms with van der Waals surface area (Å²) < 4.78 is 0.579. The van der Waals surface area contributed by atoms with E-state index >= 15 is 0 Å². The maximum absolute atomic E-state index is 12.5. The number of hydrogen-bond donors (Lipinski definition) is 1. The molecule has 20 heavy (non-hydrogen) atoms. The van der Waals surface area contributed by atoms with Crippen LogP contribution in [-0.2, 0) is 0 Å². The van der Waals surface area contributed by atoms with Gasteiger partial charge in [-0.3, -0.25) is 14.9 Å². The van der Waals surface area contributed by atoms with Crippen molar-refractivity contribution in [1.29, 1.82) is 0 Å². The molecule has 2 rings (SSSR count). The fourth-order valence-electron chi connectivity index (χ4n) is 2.59. The van der Waals surface area contributed by atoms with E-state index in [4.69, 9.17) is 5.73 Å². The second kappa shape index (κ2) is 5.88. The Hall–Kier alpha value is -1.47. The van der Waals surface area contributed by atoms with E-state index in [-0.39, 0.29) is 29.1 Å². The Morgan fingerprint density at radius 2 is 2.30 bits per heavy atom. The quantitative estimate of drug-likeness (QED) is 0.673. The molecule has 1 aromatic rings. The third-order valence-corrected chi connectivity index (χ3v) is 4.14. The van der Waals surface area contributed by atoms with Crippen LogP contribution in [0.15, 0.2) is 22.7 Å². The predicted molar refractivity (Wildman–Crippen MR) is 78.5 cm³/mol. The van der Waals surface area contributed by atoms with Crippen LogP contribution in [0.5, 0.6) is 0 Å². The minimum absolute atomic E-state index is 0.0549. The number of nitro groups is 1. The molecule has 0 aromatic heterocycles. The molecule has 1 amide bonds. The minimum atomic E-state index is -0.529. The standard InChI is InChI=1S/C13H16BrN3O3/c1-8-4-9(6-15)7-16(8)13(18)11-3-2-10(14)5-12(11)17(19)20/h2-3,5,8-9H,4,6-7,15H2,1H3. The summed E-state index contributed by atoms with van der Waals surface area (Å²) >= 11 is 3.18. The lowest BCUT2D eigenvalue weighted by Gasteiger charge is -2.21. The van der Waals surface area contributed by atoms with Crippen LogP contribution in [0.1, 0.15) is 23.7 Å². The lowest BCUT2D eigenvalue weighted by atomic mass is 10.1. The lowest BCUT2D eigenvalue weighted by molar-refractivity contribution is -0.385. The Bertz CT molecular complexity index is 550. The molecule has 1 saturated heterocycles. The van der Waals surface area contributed by atoms with Gasteiger partial charge in [0, 0.05) is 23.1 Å². The topological polar surface area (TPSA) is 89.5 Å². The highest BCUT2D eigenvalue weighted by atomic mass is 79.9. The van der Waals surface area contributed by atoms with E-state index < -0.39 is 4.92 Å². The smallest absolute Gasteiger partial charge is 0.283 e. The van der Waals surface area contributed by atoms with Crippen LogP contribution in [0.4, 0.5) is 5.69 Å². The fourth-order valence-corrected chi connectivity index (χ4v) is 2.94. The van der Waals surface area contributed by atoms with Crippen molar-refractivity contribution in [2.45, 2.75) is 19.4 Å². The van der Waals surface area contributed by atoms with Gasteiger partial charge in [-0.05, 0) is 37.9 Å². The second-order valence-electron chi connectivity index (χ2n) is 5.06. The third-order valence-electron chi connectivity index (χ3n) is 3.64. The van der Waals surface area contributed by atoms with Gasteiger partial charge in [0.2, 0.25) is 0 Å². The van der Waals surface area contributed by atoms with Crippen LogP contribution in [0.2, 0.25) is 0 Å². The summed E-state index contributed by atoms with van der Waals surface area (Å²) in [5.74, 6) is -0.0314. The summed E-state index contributed by atoms with van der Waals surface area (Å²) in [5.41, 5.74) is 5.60. The number of carbonyl (C=O) groups is 1. The monoisotopic (exact) mass is 341 g/mol. The average Bonchev–Trinajstić information content (AvgIpc) is 2.79. The molecule has 0 aliphatic carbocycles. The van der Waals surface area contributed by atoms with Gasteiger partial charge < -0.3 is 10.6 Å². The van der Waals surface area contributed by atoms with E-state index in [1.807, 2.05) is 6.92 Å². The van der Waals surface area contributed by atoms with Gasteiger partial charge in [0.05, 0.1) is 4.92 Å². The average molecular weight is 342 g/mol. The highest BCUT2D eigenvalue weighted by Crippen LogP contribution is 2.29. The van der Waals surface area contributed by atoms with Crippen LogP contribution in [0.25, 0.3) is 0 Å². The highest BCUT2D eigenvalue weighted by molar-refractivity contribution is 9.10. The first-order valence-electron chi connectivity index (χ1n) is 6.39. The van der Waals surface area contributed by atoms with Crippen molar-refractivity contribution in [3.63, 3.8) is 0 Å². The molecule has 0 saturated carbocycles. The van der Waals surface area contributed by atoms with Gasteiger partial charge in [0.15, 0.2) is 0 Å². The zero-order valence-corrected chi connectivity index (χ0v) is 12.7. The second-order valence-corrected chi connectivity index (χ2v) is 5.98. The minimum Gasteiger partial charge on any atom is -0.335 e. The molecule has 1 aliphatic rings. The summed E-state index contributed by atoms with van der Waals surface area (Å²) in [5, 5.41) is 11.1. The Kier molecular flexibility index (Phi) is 4.39. The first kappa shape index (κ1) is 14.9. The summed E-state index contributed by atoms with van der Waals surface area (Å²) in [6.07, 6.45) is 0.840. The van der Waals surface area contributed by atoms with Gasteiger partial charge in [-0.25, -0.2) is 0 Å². The summed E-state index contributed by atoms with van der Waals surface area (Å²) in [4.78, 5) is 24.8. The number of halogens is 1. The van der Waals surface area contributed by atoms with Crippen molar-refractivity contribution >= 4 is 27.5 Å². The first-order chi connectivity index (χ1) is 9.43. The molecule has 6 nitrogen and oxygen atoms in total. The SMILES string of the molecule is CC1CC(CN)CN1C(=O)c1ccc(Br)cc1[N+](=O)[O-]. The molecule has 0 bridgehead atoms. The summed E-state index contributed by atoms with van der Waals surface area (Å²) in [6.45, 7) is 3.03. The van der Waals surface area contributed by atoms with E-state index in [1.54, 1.807) is 11.0 Å². The molecule has 0 radical (unpaired) electrons. The molecule has 1 aromatic carbocycles. The van der Waals surface area contributed by atoms with Crippen molar-refractivity contribution in [2.75, 3.05) is 13.1 Å². The van der Waals surface area contributed by atoms with Crippen molar-refractivity contribution in [1.82, 2.24) is 4.90 Å². The van der Waals surface area contributed by atoms with Crippen LogP contribution in [-0.4, -0.2) is 34.9 Å². The molecular formula is C13H16BrN3O3. The van der Waals surface area contributed by atoms with Crippen molar-refractivity contribution in [3.05, 3.63) is 38.3 Å². The summed E-state index contributed by atoms with van der Waals surface area (Å²) in [7, 11) is 0. The van der Waals surface area contributed by atoms with Crippen LogP contribution in [0, 0.1) is 16.0 Å². The molecule has 1 fully saturated rings. The van der Waals surface area contributed by atoms with Gasteiger partial charge in [0.1, 0.15) is 5.56 Å². The third kappa shape index (κ3) is 2.83. The van der Waals surface area contributed by atoms with Gasteiger partial charge in [0.25, 0.3) is 11.6 Å². The molecule has 108 valence electrons. The zero-order valence-electron chi connectivity index (χ0n) is 11.1. The van der Waals surface area contributed by atoms with Gasteiger partial charge in [-0.2, -0.15) is 0 Å². The number of nitro benzene ring substituents is 1. The Morgan fingerprint density at radius 3 is 2.85 bits per heavy atom. The van der Waals surface area contributed by atoms with E-state index in [0.29, 0.717) is 17.6 Å². The van der Waals surface area contributed by atoms with E-state index in [2.05, 4.69) is 15.9 Å². The Labute approximate surface area is 125 Å². The zero-order chi connectivity index (χ0) is 14.9. The van der Waals surface area contributed by atoms with Gasteiger partial charge in [-0.15, -0.1) is 0 Å². The predicted octanol–water partition coefficient (Wildman–Crippen LogP) is 2.17. The molecule has 2 atom stereocenters. The molecule has 2 unspecified atom stereocenters. The van der Waals surface area contributed by atoms with Crippen LogP contribution in [0.3, 0.4) is 0 Å². The molecule has 0 spiro atoms. The molecule has 1 aliphatic heterocycles. The number of carbonyl (C=O) groups excluding carboxylic acids is 1. The molecule has 1 heterocycles. The first-order valence-corrected chi connectivity index (χ1v) is 7.18. The largest absolute Gasteiger partial charge is 0.335 e. The van der Waals surface area contributed by atoms with Crippen molar-refractivity contribution in [2.24, 2.45) is 11.7 Å². The number of nitrogens with zero attached hydrogens (tertiary/aromatic N) is 2. The van der Waals surface area contributed by atoms with Crippen molar-refractivity contribution in [3.8, 4) is 0 Å². The maximum atomic E-state index is 12.5. The van der Waals surface area contributed by atoms with E-state index in [1.165, 1.54) is 12.1 Å². The lowest BCUT2D eigenvalue weighted by Crippen LogP contribution is -2.34. The van der Waals surface area contributed by atoms with E-state index in [0.717, 1.165) is 6.42 Å².